The van der Waals surface area contributed by atoms with Crippen LogP contribution in [0.2, 0.25) is 0 Å². The van der Waals surface area contributed by atoms with Gasteiger partial charge in [-0.15, -0.1) is 24.0 Å². The second-order valence-corrected chi connectivity index (χ2v) is 5.17. The van der Waals surface area contributed by atoms with Crippen molar-refractivity contribution >= 4 is 40.9 Å². The van der Waals surface area contributed by atoms with Gasteiger partial charge < -0.3 is 4.90 Å². The molecule has 0 bridgehead atoms. The highest BCUT2D eigenvalue weighted by molar-refractivity contribution is 8.16. The molecular weight excluding hydrogens is 251 g/mol. The topological polar surface area (TPSA) is 15.6 Å². The molecule has 3 rings (SSSR count). The number of aliphatic imine (C=N–C) groups is 1. The molecule has 1 fully saturated rings. The zero-order valence-electron chi connectivity index (χ0n) is 8.36. The second kappa shape index (κ2) is 4.56. The van der Waals surface area contributed by atoms with E-state index in [0.29, 0.717) is 18.0 Å². The molecule has 0 amide bonds. The van der Waals surface area contributed by atoms with Crippen LogP contribution in [0.15, 0.2) is 16.1 Å². The van der Waals surface area contributed by atoms with Gasteiger partial charge in [-0.3, -0.25) is 4.99 Å². The molecule has 1 aliphatic carbocycles. The van der Waals surface area contributed by atoms with Crippen LogP contribution in [-0.4, -0.2) is 28.0 Å². The molecular formula is C10H14Cl2N2S. The van der Waals surface area contributed by atoms with Gasteiger partial charge in [-0.05, 0) is 18.2 Å². The number of nitrogens with zero attached hydrogens (tertiary/aromatic N) is 2. The van der Waals surface area contributed by atoms with Crippen LogP contribution in [0.3, 0.4) is 0 Å². The normalized spacial score (nSPS) is 32.7. The van der Waals surface area contributed by atoms with Gasteiger partial charge in [0.2, 0.25) is 0 Å². The Morgan fingerprint density at radius 3 is 3.07 bits per heavy atom. The van der Waals surface area contributed by atoms with Gasteiger partial charge in [-0.2, -0.15) is 0 Å². The Bertz CT molecular complexity index is 317. The summed E-state index contributed by atoms with van der Waals surface area (Å²) >= 11 is 7.67. The van der Waals surface area contributed by atoms with Crippen molar-refractivity contribution in [1.82, 2.24) is 4.90 Å². The maximum absolute atomic E-state index is 5.93. The SMILES string of the molecule is Cl.ClCC1=CSC2=NC3CCCCC3N12. The third-order valence-corrected chi connectivity index (χ3v) is 4.43. The van der Waals surface area contributed by atoms with E-state index in [4.69, 9.17) is 16.6 Å². The number of alkyl halides is 1. The van der Waals surface area contributed by atoms with Gasteiger partial charge in [0, 0.05) is 5.70 Å². The number of hydrogen-bond donors (Lipinski definition) is 0. The first-order valence-electron chi connectivity index (χ1n) is 5.19. The van der Waals surface area contributed by atoms with E-state index in [9.17, 15) is 0 Å². The first-order chi connectivity index (χ1) is 6.90. The van der Waals surface area contributed by atoms with Crippen LogP contribution in [0, 0.1) is 0 Å². The fraction of sp³-hybridized carbons (Fsp3) is 0.700. The van der Waals surface area contributed by atoms with Gasteiger partial charge in [-0.25, -0.2) is 0 Å². The number of fused-ring (bicyclic) bond motifs is 3. The molecule has 5 heteroatoms. The van der Waals surface area contributed by atoms with E-state index in [1.165, 1.54) is 36.5 Å². The molecule has 2 nitrogen and oxygen atoms in total. The Kier molecular flexibility index (Phi) is 3.53. The largest absolute Gasteiger partial charge is 0.318 e. The van der Waals surface area contributed by atoms with E-state index in [2.05, 4.69) is 10.3 Å². The van der Waals surface area contributed by atoms with Crippen LogP contribution in [0.5, 0.6) is 0 Å². The Labute approximate surface area is 106 Å². The standard InChI is InChI=1S/C10H13ClN2S.ClH/c11-5-7-6-14-10-12-8-3-1-2-4-9(8)13(7)10;/h6,8-9H,1-5H2;1H. The lowest BCUT2D eigenvalue weighted by molar-refractivity contribution is 0.285. The molecule has 0 aromatic heterocycles. The molecule has 0 aromatic carbocycles. The lowest BCUT2D eigenvalue weighted by atomic mass is 9.91. The van der Waals surface area contributed by atoms with Gasteiger partial charge in [-0.1, -0.05) is 24.6 Å². The number of halogens is 2. The van der Waals surface area contributed by atoms with Crippen LogP contribution in [0.4, 0.5) is 0 Å². The van der Waals surface area contributed by atoms with E-state index in [1.807, 2.05) is 0 Å². The van der Waals surface area contributed by atoms with Crippen molar-refractivity contribution in [3.05, 3.63) is 11.1 Å². The molecule has 15 heavy (non-hydrogen) atoms. The number of hydrogen-bond acceptors (Lipinski definition) is 3. The lowest BCUT2D eigenvalue weighted by Gasteiger charge is -2.31. The van der Waals surface area contributed by atoms with Crippen molar-refractivity contribution in [1.29, 1.82) is 0 Å². The Morgan fingerprint density at radius 2 is 2.27 bits per heavy atom. The molecule has 3 aliphatic rings. The predicted octanol–water partition coefficient (Wildman–Crippen LogP) is 3.22. The molecule has 0 spiro atoms. The van der Waals surface area contributed by atoms with Crippen LogP contribution < -0.4 is 0 Å². The Balaban J connectivity index is 0.000000853. The smallest absolute Gasteiger partial charge is 0.168 e. The summed E-state index contributed by atoms with van der Waals surface area (Å²) in [7, 11) is 0. The molecule has 0 N–H and O–H groups in total. The Hall–Kier alpha value is 0.140. The van der Waals surface area contributed by atoms with Crippen molar-refractivity contribution in [3.8, 4) is 0 Å². The van der Waals surface area contributed by atoms with Crippen molar-refractivity contribution in [2.24, 2.45) is 4.99 Å². The van der Waals surface area contributed by atoms with Crippen molar-refractivity contribution in [2.45, 2.75) is 37.8 Å². The first-order valence-corrected chi connectivity index (χ1v) is 6.60. The number of amidine groups is 1. The molecule has 0 radical (unpaired) electrons. The van der Waals surface area contributed by atoms with Crippen LogP contribution in [0.1, 0.15) is 25.7 Å². The fourth-order valence-electron chi connectivity index (χ4n) is 2.59. The lowest BCUT2D eigenvalue weighted by Crippen LogP contribution is -2.38. The second-order valence-electron chi connectivity index (χ2n) is 4.06. The highest BCUT2D eigenvalue weighted by atomic mass is 35.5. The summed E-state index contributed by atoms with van der Waals surface area (Å²) in [5.41, 5.74) is 1.25. The summed E-state index contributed by atoms with van der Waals surface area (Å²) < 4.78 is 0. The average molecular weight is 265 g/mol. The fourth-order valence-corrected chi connectivity index (χ4v) is 3.88. The van der Waals surface area contributed by atoms with E-state index in [1.54, 1.807) is 11.8 Å². The molecule has 0 saturated heterocycles. The summed E-state index contributed by atoms with van der Waals surface area (Å²) in [6.45, 7) is 0. The predicted molar refractivity (Wildman–Crippen MR) is 69.0 cm³/mol. The van der Waals surface area contributed by atoms with Crippen molar-refractivity contribution in [3.63, 3.8) is 0 Å². The van der Waals surface area contributed by atoms with Gasteiger partial charge in [0.25, 0.3) is 0 Å². The highest BCUT2D eigenvalue weighted by Crippen LogP contribution is 2.40. The number of thioether (sulfide) groups is 1. The van der Waals surface area contributed by atoms with E-state index >= 15 is 0 Å². The van der Waals surface area contributed by atoms with Crippen LogP contribution in [0.25, 0.3) is 0 Å². The quantitative estimate of drug-likeness (QED) is 0.676. The van der Waals surface area contributed by atoms with Crippen LogP contribution >= 0.6 is 35.8 Å². The number of allylic oxidation sites excluding steroid dienone is 1. The van der Waals surface area contributed by atoms with Crippen molar-refractivity contribution < 1.29 is 0 Å². The van der Waals surface area contributed by atoms with Gasteiger partial charge >= 0.3 is 0 Å². The molecule has 2 aliphatic heterocycles. The minimum Gasteiger partial charge on any atom is -0.318 e. The summed E-state index contributed by atoms with van der Waals surface area (Å²) in [4.78, 5) is 7.14. The summed E-state index contributed by atoms with van der Waals surface area (Å²) in [6.07, 6.45) is 5.24. The Morgan fingerprint density at radius 1 is 1.47 bits per heavy atom. The maximum Gasteiger partial charge on any atom is 0.168 e. The van der Waals surface area contributed by atoms with Gasteiger partial charge in [0.1, 0.15) is 0 Å². The third-order valence-electron chi connectivity index (χ3n) is 3.25. The average Bonchev–Trinajstić information content (AvgIpc) is 2.75. The monoisotopic (exact) mass is 264 g/mol. The summed E-state index contributed by atoms with van der Waals surface area (Å²) in [6, 6.07) is 1.18. The maximum atomic E-state index is 5.93. The van der Waals surface area contributed by atoms with E-state index < -0.39 is 0 Å². The highest BCUT2D eigenvalue weighted by Gasteiger charge is 2.41. The zero-order valence-corrected chi connectivity index (χ0v) is 10.7. The zero-order chi connectivity index (χ0) is 9.54. The minimum absolute atomic E-state index is 0. The number of rotatable bonds is 1. The third kappa shape index (κ3) is 1.79. The van der Waals surface area contributed by atoms with Crippen molar-refractivity contribution in [2.75, 3.05) is 5.88 Å². The molecule has 2 heterocycles. The molecule has 84 valence electrons. The first kappa shape index (κ1) is 11.6. The van der Waals surface area contributed by atoms with E-state index in [0.717, 1.165) is 0 Å². The van der Waals surface area contributed by atoms with Crippen LogP contribution in [-0.2, 0) is 0 Å². The van der Waals surface area contributed by atoms with Gasteiger partial charge in [0.15, 0.2) is 5.17 Å². The molecule has 2 atom stereocenters. The molecule has 2 unspecified atom stereocenters. The molecule has 1 saturated carbocycles. The summed E-state index contributed by atoms with van der Waals surface area (Å²) in [5.74, 6) is 0.620. The van der Waals surface area contributed by atoms with Gasteiger partial charge in [0.05, 0.1) is 18.0 Å². The molecule has 0 aromatic rings. The van der Waals surface area contributed by atoms with E-state index in [-0.39, 0.29) is 12.4 Å². The minimum atomic E-state index is 0. The summed E-state index contributed by atoms with van der Waals surface area (Å²) in [5, 5.41) is 3.34.